The van der Waals surface area contributed by atoms with E-state index in [1.54, 1.807) is 0 Å². The minimum Gasteiger partial charge on any atom is -0.494 e. The second kappa shape index (κ2) is 8.66. The summed E-state index contributed by atoms with van der Waals surface area (Å²) in [5, 5.41) is 6.12. The number of carbonyl (C=O) groups is 1. The number of ether oxygens (including phenoxy) is 1. The summed E-state index contributed by atoms with van der Waals surface area (Å²) in [6, 6.07) is 7.45. The van der Waals surface area contributed by atoms with Gasteiger partial charge in [0, 0.05) is 31.9 Å². The van der Waals surface area contributed by atoms with Gasteiger partial charge < -0.3 is 20.3 Å². The van der Waals surface area contributed by atoms with E-state index in [0.717, 1.165) is 44.0 Å². The number of carbonyl (C=O) groups excluding carboxylic acids is 1. The lowest BCUT2D eigenvalue weighted by atomic mass is 10.3. The van der Waals surface area contributed by atoms with E-state index in [1.807, 2.05) is 29.2 Å². The van der Waals surface area contributed by atoms with E-state index in [0.29, 0.717) is 6.61 Å². The molecule has 112 valence electrons. The van der Waals surface area contributed by atoms with Gasteiger partial charge in [-0.15, -0.1) is 12.4 Å². The van der Waals surface area contributed by atoms with E-state index in [9.17, 15) is 4.79 Å². The van der Waals surface area contributed by atoms with Gasteiger partial charge in [0.15, 0.2) is 0 Å². The molecular weight excluding hydrogens is 278 g/mol. The molecule has 0 aromatic heterocycles. The molecule has 0 radical (unpaired) electrons. The van der Waals surface area contributed by atoms with Gasteiger partial charge in [0.05, 0.1) is 6.61 Å². The van der Waals surface area contributed by atoms with Gasteiger partial charge in [-0.1, -0.05) is 6.92 Å². The van der Waals surface area contributed by atoms with Crippen molar-refractivity contribution < 1.29 is 9.53 Å². The molecule has 0 aliphatic carbocycles. The Balaban J connectivity index is 0.00000200. The van der Waals surface area contributed by atoms with E-state index < -0.39 is 0 Å². The molecular formula is C14H22ClN3O2. The fourth-order valence-electron chi connectivity index (χ4n) is 1.92. The van der Waals surface area contributed by atoms with Crippen molar-refractivity contribution in [2.24, 2.45) is 0 Å². The van der Waals surface area contributed by atoms with Crippen molar-refractivity contribution in [3.05, 3.63) is 24.3 Å². The summed E-state index contributed by atoms with van der Waals surface area (Å²) in [5.41, 5.74) is 0.799. The first kappa shape index (κ1) is 16.6. The van der Waals surface area contributed by atoms with Crippen LogP contribution < -0.4 is 15.4 Å². The predicted octanol–water partition coefficient (Wildman–Crippen LogP) is 2.33. The summed E-state index contributed by atoms with van der Waals surface area (Å²) in [7, 11) is 0. The average molecular weight is 300 g/mol. The normalized spacial score (nSPS) is 14.3. The van der Waals surface area contributed by atoms with Crippen LogP contribution in [0.1, 0.15) is 13.3 Å². The fourth-order valence-corrected chi connectivity index (χ4v) is 1.92. The molecule has 1 saturated heterocycles. The van der Waals surface area contributed by atoms with E-state index in [1.165, 1.54) is 0 Å². The van der Waals surface area contributed by atoms with E-state index in [-0.39, 0.29) is 18.4 Å². The minimum absolute atomic E-state index is 0. The van der Waals surface area contributed by atoms with Crippen molar-refractivity contribution in [3.63, 3.8) is 0 Å². The largest absolute Gasteiger partial charge is 0.494 e. The molecule has 2 rings (SSSR count). The Morgan fingerprint density at radius 1 is 1.30 bits per heavy atom. The monoisotopic (exact) mass is 299 g/mol. The van der Waals surface area contributed by atoms with Gasteiger partial charge in [0.2, 0.25) is 0 Å². The highest BCUT2D eigenvalue weighted by Gasteiger charge is 2.15. The molecule has 6 heteroatoms. The quantitative estimate of drug-likeness (QED) is 0.897. The standard InChI is InChI=1S/C14H21N3O2.ClH/c1-2-11-19-13-5-3-12(4-6-13)16-14(18)17-9-7-15-8-10-17;/h3-6,15H,2,7-11H2,1H3,(H,16,18);1H. The Labute approximate surface area is 126 Å². The maximum absolute atomic E-state index is 12.0. The molecule has 0 spiro atoms. The Kier molecular flexibility index (Phi) is 7.18. The van der Waals surface area contributed by atoms with Crippen LogP contribution in [0.5, 0.6) is 5.75 Å². The summed E-state index contributed by atoms with van der Waals surface area (Å²) < 4.78 is 5.50. The van der Waals surface area contributed by atoms with Gasteiger partial charge in [-0.3, -0.25) is 0 Å². The SMILES string of the molecule is CCCOc1ccc(NC(=O)N2CCNCC2)cc1.Cl. The second-order valence-electron chi connectivity index (χ2n) is 4.54. The Hall–Kier alpha value is -1.46. The summed E-state index contributed by atoms with van der Waals surface area (Å²) in [5.74, 6) is 0.835. The lowest BCUT2D eigenvalue weighted by Crippen LogP contribution is -2.48. The number of halogens is 1. The average Bonchev–Trinajstić information content (AvgIpc) is 2.47. The molecule has 1 fully saturated rings. The number of hydrogen-bond acceptors (Lipinski definition) is 3. The maximum Gasteiger partial charge on any atom is 0.321 e. The minimum atomic E-state index is -0.0382. The molecule has 0 bridgehead atoms. The third-order valence-corrected chi connectivity index (χ3v) is 2.98. The molecule has 0 unspecified atom stereocenters. The molecule has 1 aromatic carbocycles. The van der Waals surface area contributed by atoms with Crippen LogP contribution in [0, 0.1) is 0 Å². The highest BCUT2D eigenvalue weighted by Crippen LogP contribution is 2.16. The van der Waals surface area contributed by atoms with Crippen molar-refractivity contribution in [1.29, 1.82) is 0 Å². The molecule has 1 aliphatic heterocycles. The molecule has 1 aliphatic rings. The molecule has 0 saturated carbocycles. The van der Waals surface area contributed by atoms with Crippen molar-refractivity contribution in [2.75, 3.05) is 38.1 Å². The number of anilines is 1. The van der Waals surface area contributed by atoms with Gasteiger partial charge in [-0.05, 0) is 30.7 Å². The molecule has 1 heterocycles. The molecule has 2 amide bonds. The van der Waals surface area contributed by atoms with E-state index in [4.69, 9.17) is 4.74 Å². The smallest absolute Gasteiger partial charge is 0.321 e. The number of nitrogens with zero attached hydrogens (tertiary/aromatic N) is 1. The Morgan fingerprint density at radius 2 is 1.95 bits per heavy atom. The lowest BCUT2D eigenvalue weighted by molar-refractivity contribution is 0.204. The van der Waals surface area contributed by atoms with Gasteiger partial charge in [-0.25, -0.2) is 4.79 Å². The van der Waals surface area contributed by atoms with Crippen LogP contribution in [0.2, 0.25) is 0 Å². The zero-order valence-corrected chi connectivity index (χ0v) is 12.5. The molecule has 2 N–H and O–H groups in total. The van der Waals surface area contributed by atoms with Crippen LogP contribution in [0.4, 0.5) is 10.5 Å². The lowest BCUT2D eigenvalue weighted by Gasteiger charge is -2.27. The number of benzene rings is 1. The van der Waals surface area contributed by atoms with Crippen molar-refractivity contribution in [3.8, 4) is 5.75 Å². The molecule has 5 nitrogen and oxygen atoms in total. The predicted molar refractivity (Wildman–Crippen MR) is 82.9 cm³/mol. The topological polar surface area (TPSA) is 53.6 Å². The van der Waals surface area contributed by atoms with Crippen molar-refractivity contribution >= 4 is 24.1 Å². The number of amides is 2. The zero-order valence-electron chi connectivity index (χ0n) is 11.7. The highest BCUT2D eigenvalue weighted by molar-refractivity contribution is 5.89. The second-order valence-corrected chi connectivity index (χ2v) is 4.54. The zero-order chi connectivity index (χ0) is 13.5. The number of hydrogen-bond donors (Lipinski definition) is 2. The van der Waals surface area contributed by atoms with Crippen LogP contribution >= 0.6 is 12.4 Å². The molecule has 0 atom stereocenters. The molecule has 1 aromatic rings. The van der Waals surface area contributed by atoms with Crippen molar-refractivity contribution in [2.45, 2.75) is 13.3 Å². The van der Waals surface area contributed by atoms with Gasteiger partial charge in [0.1, 0.15) is 5.75 Å². The first-order valence-electron chi connectivity index (χ1n) is 6.79. The summed E-state index contributed by atoms with van der Waals surface area (Å²) in [6.45, 7) is 6.01. The number of piperazine rings is 1. The van der Waals surface area contributed by atoms with Gasteiger partial charge in [0.25, 0.3) is 0 Å². The van der Waals surface area contributed by atoms with Crippen LogP contribution in [-0.4, -0.2) is 43.7 Å². The van der Waals surface area contributed by atoms with Gasteiger partial charge in [-0.2, -0.15) is 0 Å². The Bertz CT molecular complexity index is 405. The molecule has 20 heavy (non-hydrogen) atoms. The summed E-state index contributed by atoms with van der Waals surface area (Å²) in [6.07, 6.45) is 0.988. The first-order valence-corrected chi connectivity index (χ1v) is 6.79. The summed E-state index contributed by atoms with van der Waals surface area (Å²) >= 11 is 0. The third kappa shape index (κ3) is 4.90. The van der Waals surface area contributed by atoms with Crippen molar-refractivity contribution in [1.82, 2.24) is 10.2 Å². The first-order chi connectivity index (χ1) is 9.29. The third-order valence-electron chi connectivity index (χ3n) is 2.98. The highest BCUT2D eigenvalue weighted by atomic mass is 35.5. The van der Waals surface area contributed by atoms with Crippen LogP contribution in [0.15, 0.2) is 24.3 Å². The number of nitrogens with one attached hydrogen (secondary N) is 2. The van der Waals surface area contributed by atoms with E-state index >= 15 is 0 Å². The number of urea groups is 1. The van der Waals surface area contributed by atoms with Crippen LogP contribution in [0.3, 0.4) is 0 Å². The number of rotatable bonds is 4. The van der Waals surface area contributed by atoms with Crippen LogP contribution in [-0.2, 0) is 0 Å². The Morgan fingerprint density at radius 3 is 2.55 bits per heavy atom. The summed E-state index contributed by atoms with van der Waals surface area (Å²) in [4.78, 5) is 13.8. The van der Waals surface area contributed by atoms with E-state index in [2.05, 4.69) is 17.6 Å². The van der Waals surface area contributed by atoms with Crippen LogP contribution in [0.25, 0.3) is 0 Å². The maximum atomic E-state index is 12.0. The van der Waals surface area contributed by atoms with Gasteiger partial charge >= 0.3 is 6.03 Å². The fraction of sp³-hybridized carbons (Fsp3) is 0.500.